The van der Waals surface area contributed by atoms with E-state index in [9.17, 15) is 0 Å². The van der Waals surface area contributed by atoms with Crippen LogP contribution in [0.3, 0.4) is 0 Å². The van der Waals surface area contributed by atoms with Crippen molar-refractivity contribution >= 4 is 23.0 Å². The summed E-state index contributed by atoms with van der Waals surface area (Å²) in [5, 5.41) is 7.24. The third-order valence-corrected chi connectivity index (χ3v) is 3.90. The Labute approximate surface area is 128 Å². The second-order valence-electron chi connectivity index (χ2n) is 5.34. The summed E-state index contributed by atoms with van der Waals surface area (Å²) in [4.78, 5) is 5.09. The largest absolute Gasteiger partial charge is 0.389 e. The number of anilines is 1. The van der Waals surface area contributed by atoms with Crippen molar-refractivity contribution in [2.75, 3.05) is 5.32 Å². The first kappa shape index (κ1) is 14.0. The number of fused-ring (bicyclic) bond motifs is 1. The molecule has 21 heavy (non-hydrogen) atoms. The van der Waals surface area contributed by atoms with Gasteiger partial charge in [-0.05, 0) is 44.2 Å². The maximum absolute atomic E-state index is 5.84. The van der Waals surface area contributed by atoms with E-state index in [0.717, 1.165) is 41.4 Å². The zero-order chi connectivity index (χ0) is 14.8. The molecule has 5 nitrogen and oxygen atoms in total. The van der Waals surface area contributed by atoms with Crippen molar-refractivity contribution in [2.45, 2.75) is 39.2 Å². The van der Waals surface area contributed by atoms with E-state index in [1.165, 1.54) is 18.4 Å². The number of thiocarbonyl (C=S) groups is 1. The van der Waals surface area contributed by atoms with Gasteiger partial charge in [0.25, 0.3) is 0 Å². The van der Waals surface area contributed by atoms with Crippen LogP contribution in [0.25, 0.3) is 0 Å². The second-order valence-corrected chi connectivity index (χ2v) is 5.78. The molecule has 3 rings (SSSR count). The molecule has 0 saturated heterocycles. The number of nitrogens with zero attached hydrogens (tertiary/aromatic N) is 2. The van der Waals surface area contributed by atoms with Crippen LogP contribution < -0.4 is 11.1 Å². The predicted octanol–water partition coefficient (Wildman–Crippen LogP) is 2.50. The number of aromatic nitrogens is 2. The van der Waals surface area contributed by atoms with Gasteiger partial charge in [-0.1, -0.05) is 17.4 Å². The molecule has 0 aliphatic heterocycles. The van der Waals surface area contributed by atoms with Crippen molar-refractivity contribution in [3.05, 3.63) is 40.4 Å². The Morgan fingerprint density at radius 3 is 2.90 bits per heavy atom. The van der Waals surface area contributed by atoms with E-state index in [-0.39, 0.29) is 0 Å². The summed E-state index contributed by atoms with van der Waals surface area (Å²) in [6.45, 7) is 2.41. The summed E-state index contributed by atoms with van der Waals surface area (Å²) < 4.78 is 5.06. The van der Waals surface area contributed by atoms with E-state index in [2.05, 4.69) is 16.5 Å². The Morgan fingerprint density at radius 2 is 2.19 bits per heavy atom. The van der Waals surface area contributed by atoms with Gasteiger partial charge < -0.3 is 15.6 Å². The number of rotatable bonds is 4. The zero-order valence-corrected chi connectivity index (χ0v) is 12.8. The highest BCUT2D eigenvalue weighted by Crippen LogP contribution is 2.25. The van der Waals surface area contributed by atoms with Crippen LogP contribution in [-0.4, -0.2) is 15.1 Å². The third kappa shape index (κ3) is 3.05. The van der Waals surface area contributed by atoms with Gasteiger partial charge in [0, 0.05) is 11.8 Å². The fourth-order valence-electron chi connectivity index (χ4n) is 2.63. The van der Waals surface area contributed by atoms with E-state index in [1.54, 1.807) is 0 Å². The first-order valence-electron chi connectivity index (χ1n) is 7.12. The molecule has 0 radical (unpaired) electrons. The summed E-state index contributed by atoms with van der Waals surface area (Å²) >= 11 is 5.15. The highest BCUT2D eigenvalue weighted by Gasteiger charge is 2.16. The lowest BCUT2D eigenvalue weighted by Gasteiger charge is -2.18. The van der Waals surface area contributed by atoms with Crippen LogP contribution in [0.5, 0.6) is 0 Å². The molecule has 2 aromatic rings. The molecule has 1 aliphatic rings. The van der Waals surface area contributed by atoms with Gasteiger partial charge in [-0.3, -0.25) is 0 Å². The lowest BCUT2D eigenvalue weighted by Crippen LogP contribution is -2.18. The Balaban J connectivity index is 1.87. The summed E-state index contributed by atoms with van der Waals surface area (Å²) in [6, 6.07) is 3.98. The standard InChI is InChI=1S/C15H18N4OS/c1-9-6-11(19-20-9)8-17-15-12(14(16)21)7-10-4-2-3-5-13(10)18-15/h6-7H,2-5,8H2,1H3,(H2,16,21)(H,17,18). The molecule has 0 aromatic carbocycles. The van der Waals surface area contributed by atoms with E-state index in [4.69, 9.17) is 27.5 Å². The van der Waals surface area contributed by atoms with Crippen LogP contribution in [0.15, 0.2) is 16.7 Å². The minimum absolute atomic E-state index is 0.370. The van der Waals surface area contributed by atoms with Gasteiger partial charge in [-0.2, -0.15) is 0 Å². The molecule has 0 bridgehead atoms. The van der Waals surface area contributed by atoms with Crippen LogP contribution in [0.4, 0.5) is 5.82 Å². The number of pyridine rings is 1. The molecule has 3 N–H and O–H groups in total. The van der Waals surface area contributed by atoms with Crippen LogP contribution in [-0.2, 0) is 19.4 Å². The van der Waals surface area contributed by atoms with Crippen molar-refractivity contribution in [3.8, 4) is 0 Å². The summed E-state index contributed by atoms with van der Waals surface area (Å²) in [5.41, 5.74) is 9.91. The van der Waals surface area contributed by atoms with Crippen molar-refractivity contribution in [1.29, 1.82) is 0 Å². The molecule has 110 valence electrons. The Hall–Kier alpha value is -1.95. The maximum atomic E-state index is 5.84. The number of nitrogens with two attached hydrogens (primary N) is 1. The van der Waals surface area contributed by atoms with E-state index in [0.29, 0.717) is 11.5 Å². The maximum Gasteiger partial charge on any atom is 0.136 e. The highest BCUT2D eigenvalue weighted by atomic mass is 32.1. The van der Waals surface area contributed by atoms with Gasteiger partial charge in [-0.15, -0.1) is 0 Å². The molecule has 0 unspecified atom stereocenters. The molecular formula is C15H18N4OS. The molecule has 2 aromatic heterocycles. The molecule has 2 heterocycles. The van der Waals surface area contributed by atoms with Crippen LogP contribution in [0, 0.1) is 6.92 Å². The number of hydrogen-bond donors (Lipinski definition) is 2. The van der Waals surface area contributed by atoms with E-state index in [1.807, 2.05) is 13.0 Å². The Morgan fingerprint density at radius 1 is 1.38 bits per heavy atom. The van der Waals surface area contributed by atoms with Gasteiger partial charge in [0.1, 0.15) is 22.3 Å². The predicted molar refractivity (Wildman–Crippen MR) is 85.3 cm³/mol. The number of nitrogens with one attached hydrogen (secondary N) is 1. The van der Waals surface area contributed by atoms with Gasteiger partial charge in [-0.25, -0.2) is 4.98 Å². The lowest BCUT2D eigenvalue weighted by atomic mass is 9.94. The van der Waals surface area contributed by atoms with Crippen molar-refractivity contribution in [2.24, 2.45) is 5.73 Å². The molecule has 0 amide bonds. The average molecular weight is 302 g/mol. The summed E-state index contributed by atoms with van der Waals surface area (Å²) in [7, 11) is 0. The van der Waals surface area contributed by atoms with E-state index < -0.39 is 0 Å². The normalized spacial score (nSPS) is 13.8. The molecule has 0 saturated carbocycles. The molecule has 6 heteroatoms. The zero-order valence-electron chi connectivity index (χ0n) is 12.0. The van der Waals surface area contributed by atoms with E-state index >= 15 is 0 Å². The van der Waals surface area contributed by atoms with Gasteiger partial charge >= 0.3 is 0 Å². The Kier molecular flexibility index (Phi) is 3.88. The quantitative estimate of drug-likeness (QED) is 0.845. The second kappa shape index (κ2) is 5.81. The van der Waals surface area contributed by atoms with Gasteiger partial charge in [0.15, 0.2) is 0 Å². The van der Waals surface area contributed by atoms with Crippen LogP contribution >= 0.6 is 12.2 Å². The van der Waals surface area contributed by atoms with Crippen molar-refractivity contribution in [1.82, 2.24) is 10.1 Å². The highest BCUT2D eigenvalue weighted by molar-refractivity contribution is 7.80. The van der Waals surface area contributed by atoms with Crippen molar-refractivity contribution < 1.29 is 4.52 Å². The van der Waals surface area contributed by atoms with Crippen molar-refractivity contribution in [3.63, 3.8) is 0 Å². The number of aryl methyl sites for hydroxylation is 3. The fourth-order valence-corrected chi connectivity index (χ4v) is 2.79. The molecule has 0 spiro atoms. The summed E-state index contributed by atoms with van der Waals surface area (Å²) in [5.74, 6) is 1.53. The first-order chi connectivity index (χ1) is 10.1. The van der Waals surface area contributed by atoms with Crippen LogP contribution in [0.2, 0.25) is 0 Å². The molecule has 0 fully saturated rings. The first-order valence-corrected chi connectivity index (χ1v) is 7.53. The monoisotopic (exact) mass is 302 g/mol. The topological polar surface area (TPSA) is 77.0 Å². The summed E-state index contributed by atoms with van der Waals surface area (Å²) in [6.07, 6.45) is 4.47. The molecule has 0 atom stereocenters. The SMILES string of the molecule is Cc1cc(CNc2nc3c(cc2C(N)=S)CCCC3)no1. The molecule has 1 aliphatic carbocycles. The smallest absolute Gasteiger partial charge is 0.136 e. The van der Waals surface area contributed by atoms with Crippen LogP contribution in [0.1, 0.15) is 41.1 Å². The minimum atomic E-state index is 0.370. The average Bonchev–Trinajstić information content (AvgIpc) is 2.89. The fraction of sp³-hybridized carbons (Fsp3) is 0.400. The minimum Gasteiger partial charge on any atom is -0.389 e. The lowest BCUT2D eigenvalue weighted by molar-refractivity contribution is 0.391. The third-order valence-electron chi connectivity index (χ3n) is 3.68. The number of hydrogen-bond acceptors (Lipinski definition) is 5. The van der Waals surface area contributed by atoms with Gasteiger partial charge in [0.05, 0.1) is 12.1 Å². The Bertz CT molecular complexity index is 680. The molecular weight excluding hydrogens is 284 g/mol. The van der Waals surface area contributed by atoms with Gasteiger partial charge in [0.2, 0.25) is 0 Å².